The Morgan fingerprint density at radius 2 is 0.582 bits per heavy atom. The second-order valence-corrected chi connectivity index (χ2v) is 24.6. The fraction of sp³-hybridized carbons (Fsp3) is 0.328. The Morgan fingerprint density at radius 1 is 0.342 bits per heavy atom. The third-order valence-corrected chi connectivity index (χ3v) is 17.0. The third kappa shape index (κ3) is 20.8. The largest absolute Gasteiger partial charge is 0.330 e. The summed E-state index contributed by atoms with van der Waals surface area (Å²) in [4.78, 5) is 41.4. The van der Waals surface area contributed by atoms with Crippen molar-refractivity contribution in [1.82, 2.24) is 14.2 Å². The first kappa shape index (κ1) is 61.6. The maximum Gasteiger partial charge on any atom is 0.242 e. The van der Waals surface area contributed by atoms with E-state index in [0.717, 1.165) is 16.7 Å². The molecular formula is C58H73N9O9S3. The van der Waals surface area contributed by atoms with Crippen LogP contribution in [0.4, 0.5) is 17.1 Å². The van der Waals surface area contributed by atoms with Gasteiger partial charge in [0.1, 0.15) is 18.1 Å². The lowest BCUT2D eigenvalue weighted by Gasteiger charge is -2.22. The Bertz CT molecular complexity index is 2850. The van der Waals surface area contributed by atoms with Crippen LogP contribution in [0.15, 0.2) is 164 Å². The van der Waals surface area contributed by atoms with Crippen LogP contribution in [0.2, 0.25) is 0 Å². The zero-order valence-electron chi connectivity index (χ0n) is 44.1. The van der Waals surface area contributed by atoms with Gasteiger partial charge in [0.25, 0.3) is 0 Å². The van der Waals surface area contributed by atoms with Gasteiger partial charge in [-0.1, -0.05) is 147 Å². The van der Waals surface area contributed by atoms with E-state index < -0.39 is 71.8 Å². The number of amides is 3. The zero-order chi connectivity index (χ0) is 56.7. The molecular weight excluding hydrogens is 1060 g/mol. The highest BCUT2D eigenvalue weighted by molar-refractivity contribution is 7.89. The Balaban J connectivity index is 1.25. The number of sulfonamides is 3. The lowest BCUT2D eigenvalue weighted by atomic mass is 9.85. The van der Waals surface area contributed by atoms with Gasteiger partial charge in [-0.25, -0.2) is 39.4 Å². The molecule has 0 fully saturated rings. The van der Waals surface area contributed by atoms with Crippen molar-refractivity contribution >= 4 is 64.9 Å². The predicted molar refractivity (Wildman–Crippen MR) is 313 cm³/mol. The summed E-state index contributed by atoms with van der Waals surface area (Å²) in [5, 5.41) is 8.64. The van der Waals surface area contributed by atoms with Gasteiger partial charge in [0.05, 0.1) is 17.3 Å². The van der Waals surface area contributed by atoms with Gasteiger partial charge in [-0.05, 0) is 128 Å². The smallest absolute Gasteiger partial charge is 0.242 e. The molecule has 0 heterocycles. The molecule has 79 heavy (non-hydrogen) atoms. The molecule has 0 saturated heterocycles. The molecule has 0 spiro atoms. The average molecular weight is 1140 g/mol. The van der Waals surface area contributed by atoms with Crippen LogP contribution >= 0.6 is 0 Å². The first-order valence-electron chi connectivity index (χ1n) is 26.4. The van der Waals surface area contributed by atoms with E-state index in [1.807, 2.05) is 36.4 Å². The van der Waals surface area contributed by atoms with Gasteiger partial charge in [0, 0.05) is 23.0 Å². The number of carbonyl (C=O) groups excluding carboxylic acids is 3. The van der Waals surface area contributed by atoms with E-state index in [9.17, 15) is 39.6 Å². The number of nitrogens with two attached hydrogens (primary N) is 3. The van der Waals surface area contributed by atoms with E-state index in [4.69, 9.17) is 17.2 Å². The first-order chi connectivity index (χ1) is 37.9. The van der Waals surface area contributed by atoms with Crippen LogP contribution in [0.1, 0.15) is 97.1 Å². The minimum absolute atomic E-state index is 0.224. The second kappa shape index (κ2) is 30.6. The van der Waals surface area contributed by atoms with Crippen molar-refractivity contribution in [2.75, 3.05) is 35.6 Å². The summed E-state index contributed by atoms with van der Waals surface area (Å²) in [5.41, 5.74) is 22.5. The van der Waals surface area contributed by atoms with Gasteiger partial charge in [-0.3, -0.25) is 14.4 Å². The van der Waals surface area contributed by atoms with Gasteiger partial charge in [0.15, 0.2) is 0 Å². The van der Waals surface area contributed by atoms with Crippen LogP contribution in [-0.4, -0.2) is 80.7 Å². The zero-order valence-corrected chi connectivity index (χ0v) is 46.6. The monoisotopic (exact) mass is 1140 g/mol. The van der Waals surface area contributed by atoms with Crippen LogP contribution in [0.25, 0.3) is 0 Å². The summed E-state index contributed by atoms with van der Waals surface area (Å²) in [6.07, 6.45) is 4.00. The summed E-state index contributed by atoms with van der Waals surface area (Å²) in [6.45, 7) is 1.15. The van der Waals surface area contributed by atoms with Crippen molar-refractivity contribution in [3.8, 4) is 0 Å². The fourth-order valence-electron chi connectivity index (χ4n) is 8.91. The summed E-state index contributed by atoms with van der Waals surface area (Å²) in [7, 11) is -11.7. The average Bonchev–Trinajstić information content (AvgIpc) is 3.42. The van der Waals surface area contributed by atoms with Crippen molar-refractivity contribution in [3.63, 3.8) is 0 Å². The van der Waals surface area contributed by atoms with E-state index in [-0.39, 0.29) is 36.5 Å². The summed E-state index contributed by atoms with van der Waals surface area (Å²) in [6, 6.07) is 44.1. The molecule has 3 atom stereocenters. The quantitative estimate of drug-likeness (QED) is 0.0157. The van der Waals surface area contributed by atoms with Crippen molar-refractivity contribution in [1.29, 1.82) is 0 Å². The van der Waals surface area contributed by atoms with E-state index in [0.29, 0.717) is 91.9 Å². The third-order valence-electron chi connectivity index (χ3n) is 12.9. The van der Waals surface area contributed by atoms with Gasteiger partial charge in [-0.15, -0.1) is 0 Å². The molecule has 0 bridgehead atoms. The Labute approximate surface area is 465 Å². The van der Waals surface area contributed by atoms with Crippen molar-refractivity contribution in [2.45, 2.75) is 99.1 Å². The molecule has 6 rings (SSSR count). The van der Waals surface area contributed by atoms with Crippen LogP contribution < -0.4 is 47.3 Å². The maximum absolute atomic E-state index is 13.8. The number of benzene rings is 6. The molecule has 12 N–H and O–H groups in total. The Hall–Kier alpha value is -6.66. The maximum atomic E-state index is 13.8. The highest BCUT2D eigenvalue weighted by atomic mass is 32.2. The van der Waals surface area contributed by atoms with Gasteiger partial charge in [-0.2, -0.15) is 0 Å². The number of hydrogen-bond donors (Lipinski definition) is 9. The van der Waals surface area contributed by atoms with Crippen molar-refractivity contribution in [3.05, 3.63) is 197 Å². The molecule has 3 amide bonds. The van der Waals surface area contributed by atoms with Gasteiger partial charge in [0.2, 0.25) is 47.8 Å². The normalized spacial score (nSPS) is 13.1. The molecule has 21 heteroatoms. The predicted octanol–water partition coefficient (Wildman–Crippen LogP) is 6.53. The molecule has 0 aliphatic rings. The molecule has 0 aliphatic carbocycles. The second-order valence-electron chi connectivity index (χ2n) is 19.4. The molecule has 0 radical (unpaired) electrons. The fourth-order valence-corrected chi connectivity index (χ4v) is 13.0. The molecule has 422 valence electrons. The topological polar surface area (TPSA) is 304 Å². The summed E-state index contributed by atoms with van der Waals surface area (Å²) in [5.74, 6) is -2.99. The van der Waals surface area contributed by atoms with E-state index >= 15 is 0 Å². The van der Waals surface area contributed by atoms with Crippen LogP contribution in [0.5, 0.6) is 0 Å². The molecule has 6 aromatic rings. The molecule has 0 saturated carbocycles. The van der Waals surface area contributed by atoms with E-state index in [1.165, 1.54) is 0 Å². The minimum Gasteiger partial charge on any atom is -0.330 e. The Morgan fingerprint density at radius 3 is 0.810 bits per heavy atom. The lowest BCUT2D eigenvalue weighted by Crippen LogP contribution is -2.44. The van der Waals surface area contributed by atoms with Crippen LogP contribution in [0.3, 0.4) is 0 Å². The number of hydrogen-bond acceptors (Lipinski definition) is 12. The standard InChI is InChI=1S/C58H73N9O9S3/c59-37-13-10-22-52(65-77(71,72)40-43-16-4-1-5-17-43)56(68)62-49-31-25-46(26-32-49)55(47-27-33-50(34-28-47)63-57(69)53(23-11-14-38-60)66-78(73,74)41-44-18-6-2-7-19-44)48-29-35-51(36-30-48)64-58(70)54(24-12-15-39-61)67-79(75,76)42-45-20-8-3-9-21-45/h1-9,16-21,25-36,52-55,65-67H,10-15,22-24,37-42,59-61H2,(H,62,68)(H,63,69)(H,64,70)/t52-,53-,54-/m1/s1. The molecule has 0 unspecified atom stereocenters. The number of carbonyl (C=O) groups is 3. The Kier molecular flexibility index (Phi) is 23.9. The van der Waals surface area contributed by atoms with E-state index in [2.05, 4.69) is 30.1 Å². The highest BCUT2D eigenvalue weighted by Gasteiger charge is 2.28. The summed E-state index contributed by atoms with van der Waals surface area (Å²) >= 11 is 0. The molecule has 0 aliphatic heterocycles. The lowest BCUT2D eigenvalue weighted by molar-refractivity contribution is -0.118. The van der Waals surface area contributed by atoms with E-state index in [1.54, 1.807) is 127 Å². The summed E-state index contributed by atoms with van der Waals surface area (Å²) < 4.78 is 87.5. The van der Waals surface area contributed by atoms with Crippen molar-refractivity contribution in [2.24, 2.45) is 17.2 Å². The van der Waals surface area contributed by atoms with Gasteiger partial charge < -0.3 is 33.2 Å². The van der Waals surface area contributed by atoms with Crippen LogP contribution in [0, 0.1) is 0 Å². The first-order valence-corrected chi connectivity index (χ1v) is 31.4. The number of rotatable bonds is 33. The van der Waals surface area contributed by atoms with Crippen molar-refractivity contribution < 1.29 is 39.6 Å². The number of nitrogens with one attached hydrogen (secondary N) is 6. The SMILES string of the molecule is NCCCC[C@@H](NS(=O)(=O)Cc1ccccc1)C(=O)Nc1ccc(C(c2ccc(NC(=O)[C@@H](CCCCN)NS(=O)(=O)Cc3ccccc3)cc2)c2ccc(NC(=O)[C@@H](CCCCN)NS(=O)(=O)Cc3ccccc3)cc2)cc1. The highest BCUT2D eigenvalue weighted by Crippen LogP contribution is 2.34. The molecule has 18 nitrogen and oxygen atoms in total. The van der Waals surface area contributed by atoms with Crippen LogP contribution in [-0.2, 0) is 61.7 Å². The number of anilines is 3. The molecule has 6 aromatic carbocycles. The minimum atomic E-state index is -3.91. The number of unbranched alkanes of at least 4 members (excludes halogenated alkanes) is 3. The van der Waals surface area contributed by atoms with Gasteiger partial charge >= 0.3 is 0 Å². The molecule has 0 aromatic heterocycles.